The zero-order valence-electron chi connectivity index (χ0n) is 9.33. The highest BCUT2D eigenvalue weighted by Crippen LogP contribution is 2.41. The summed E-state index contributed by atoms with van der Waals surface area (Å²) in [7, 11) is 1.64. The molecule has 3 nitrogen and oxygen atoms in total. The van der Waals surface area contributed by atoms with Crippen LogP contribution in [0.25, 0.3) is 0 Å². The molecule has 1 amide bonds. The molecule has 0 heterocycles. The quantitative estimate of drug-likeness (QED) is 0.860. The molecule has 1 atom stereocenters. The molecule has 0 bridgehead atoms. The molecule has 0 fully saturated rings. The molecule has 1 aliphatic rings. The molecule has 1 N–H and O–H groups in total. The summed E-state index contributed by atoms with van der Waals surface area (Å²) in [5.74, 6) is 0. The number of rotatable bonds is 1. The summed E-state index contributed by atoms with van der Waals surface area (Å²) in [6.07, 6.45) is 0.906. The Morgan fingerprint density at radius 1 is 1.56 bits per heavy atom. The standard InChI is InChI=1S/C12H14BrNO2/c1-12(14(2)11(15)16)6-5-8-7-9(13)3-4-10(8)12/h3-4,7H,5-6H2,1-2H3,(H,15,16). The second kappa shape index (κ2) is 3.77. The summed E-state index contributed by atoms with van der Waals surface area (Å²) in [6.45, 7) is 1.99. The third-order valence-electron chi connectivity index (χ3n) is 3.56. The smallest absolute Gasteiger partial charge is 0.407 e. The molecule has 0 aliphatic heterocycles. The van der Waals surface area contributed by atoms with E-state index < -0.39 is 6.09 Å². The van der Waals surface area contributed by atoms with Gasteiger partial charge in [-0.3, -0.25) is 0 Å². The predicted octanol–water partition coefficient (Wildman–Crippen LogP) is 3.22. The Labute approximate surface area is 103 Å². The number of halogens is 1. The van der Waals surface area contributed by atoms with E-state index in [-0.39, 0.29) is 5.54 Å². The van der Waals surface area contributed by atoms with E-state index in [0.29, 0.717) is 0 Å². The van der Waals surface area contributed by atoms with Crippen LogP contribution in [-0.4, -0.2) is 23.1 Å². The largest absolute Gasteiger partial charge is 0.465 e. The molecule has 1 aromatic rings. The van der Waals surface area contributed by atoms with Crippen molar-refractivity contribution in [3.05, 3.63) is 33.8 Å². The lowest BCUT2D eigenvalue weighted by Gasteiger charge is -2.34. The number of carboxylic acid groups (broad SMARTS) is 1. The Balaban J connectivity index is 2.46. The molecule has 0 radical (unpaired) electrons. The minimum absolute atomic E-state index is 0.387. The topological polar surface area (TPSA) is 40.5 Å². The van der Waals surface area contributed by atoms with Crippen LogP contribution in [-0.2, 0) is 12.0 Å². The zero-order valence-corrected chi connectivity index (χ0v) is 10.9. The van der Waals surface area contributed by atoms with Gasteiger partial charge in [0, 0.05) is 11.5 Å². The number of amides is 1. The van der Waals surface area contributed by atoms with E-state index in [1.54, 1.807) is 7.05 Å². The Morgan fingerprint density at radius 2 is 2.25 bits per heavy atom. The molecule has 0 spiro atoms. The molecule has 0 saturated heterocycles. The highest BCUT2D eigenvalue weighted by atomic mass is 79.9. The van der Waals surface area contributed by atoms with Crippen molar-refractivity contribution in [2.24, 2.45) is 0 Å². The Kier molecular flexibility index (Phi) is 2.70. The monoisotopic (exact) mass is 283 g/mol. The minimum Gasteiger partial charge on any atom is -0.465 e. The van der Waals surface area contributed by atoms with Crippen LogP contribution in [0.3, 0.4) is 0 Å². The summed E-state index contributed by atoms with van der Waals surface area (Å²) in [4.78, 5) is 12.5. The van der Waals surface area contributed by atoms with Crippen molar-refractivity contribution < 1.29 is 9.90 Å². The van der Waals surface area contributed by atoms with E-state index in [1.165, 1.54) is 10.5 Å². The first-order valence-corrected chi connectivity index (χ1v) is 6.00. The van der Waals surface area contributed by atoms with Crippen molar-refractivity contribution in [3.8, 4) is 0 Å². The first kappa shape index (κ1) is 11.5. The van der Waals surface area contributed by atoms with Crippen LogP contribution in [0.1, 0.15) is 24.5 Å². The summed E-state index contributed by atoms with van der Waals surface area (Å²) in [6, 6.07) is 6.07. The average molecular weight is 284 g/mol. The maximum absolute atomic E-state index is 11.1. The van der Waals surface area contributed by atoms with E-state index in [0.717, 1.165) is 22.9 Å². The normalized spacial score (nSPS) is 22.9. The van der Waals surface area contributed by atoms with Crippen LogP contribution < -0.4 is 0 Å². The van der Waals surface area contributed by atoms with E-state index >= 15 is 0 Å². The maximum atomic E-state index is 11.1. The summed E-state index contributed by atoms with van der Waals surface area (Å²) < 4.78 is 1.05. The van der Waals surface area contributed by atoms with Crippen molar-refractivity contribution in [2.75, 3.05) is 7.05 Å². The van der Waals surface area contributed by atoms with E-state index in [1.807, 2.05) is 19.1 Å². The highest BCUT2D eigenvalue weighted by Gasteiger charge is 2.40. The molecule has 4 heteroatoms. The van der Waals surface area contributed by atoms with Crippen molar-refractivity contribution in [3.63, 3.8) is 0 Å². The van der Waals surface area contributed by atoms with Gasteiger partial charge in [0.2, 0.25) is 0 Å². The number of nitrogens with zero attached hydrogens (tertiary/aromatic N) is 1. The third kappa shape index (κ3) is 1.61. The van der Waals surface area contributed by atoms with Gasteiger partial charge in [0.1, 0.15) is 0 Å². The first-order chi connectivity index (χ1) is 7.45. The lowest BCUT2D eigenvalue weighted by Crippen LogP contribution is -2.42. The van der Waals surface area contributed by atoms with Gasteiger partial charge in [-0.15, -0.1) is 0 Å². The van der Waals surface area contributed by atoms with Gasteiger partial charge in [0.05, 0.1) is 5.54 Å². The first-order valence-electron chi connectivity index (χ1n) is 5.21. The van der Waals surface area contributed by atoms with Crippen LogP contribution >= 0.6 is 15.9 Å². The van der Waals surface area contributed by atoms with Gasteiger partial charge < -0.3 is 10.0 Å². The van der Waals surface area contributed by atoms with Crippen LogP contribution in [0.15, 0.2) is 22.7 Å². The zero-order chi connectivity index (χ0) is 11.9. The van der Waals surface area contributed by atoms with Gasteiger partial charge in [0.15, 0.2) is 0 Å². The predicted molar refractivity (Wildman–Crippen MR) is 65.6 cm³/mol. The number of aryl methyl sites for hydroxylation is 1. The number of fused-ring (bicyclic) bond motifs is 1. The fourth-order valence-corrected chi connectivity index (χ4v) is 2.78. The van der Waals surface area contributed by atoms with Crippen LogP contribution in [0, 0.1) is 0 Å². The molecule has 1 aliphatic carbocycles. The molecular weight excluding hydrogens is 270 g/mol. The average Bonchev–Trinajstić information content (AvgIpc) is 2.56. The number of hydrogen-bond donors (Lipinski definition) is 1. The Hall–Kier alpha value is -1.03. The van der Waals surface area contributed by atoms with Gasteiger partial charge in [-0.25, -0.2) is 4.79 Å². The van der Waals surface area contributed by atoms with Gasteiger partial charge in [-0.1, -0.05) is 22.0 Å². The van der Waals surface area contributed by atoms with Crippen molar-refractivity contribution >= 4 is 22.0 Å². The molecule has 2 rings (SSSR count). The number of carbonyl (C=O) groups is 1. The lowest BCUT2D eigenvalue weighted by molar-refractivity contribution is 0.101. The van der Waals surface area contributed by atoms with Crippen LogP contribution in [0.2, 0.25) is 0 Å². The van der Waals surface area contributed by atoms with Gasteiger partial charge in [-0.05, 0) is 43.0 Å². The SMILES string of the molecule is CN(C(=O)O)C1(C)CCc2cc(Br)ccc21. The van der Waals surface area contributed by atoms with Crippen molar-refractivity contribution in [2.45, 2.75) is 25.3 Å². The van der Waals surface area contributed by atoms with Crippen LogP contribution in [0.4, 0.5) is 4.79 Å². The second-order valence-electron chi connectivity index (χ2n) is 4.42. The third-order valence-corrected chi connectivity index (χ3v) is 4.05. The molecule has 1 aromatic carbocycles. The molecule has 1 unspecified atom stereocenters. The summed E-state index contributed by atoms with van der Waals surface area (Å²) in [5, 5.41) is 9.10. The molecule has 16 heavy (non-hydrogen) atoms. The van der Waals surface area contributed by atoms with E-state index in [2.05, 4.69) is 22.0 Å². The molecule has 0 aromatic heterocycles. The summed E-state index contributed by atoms with van der Waals surface area (Å²) in [5.41, 5.74) is 1.98. The van der Waals surface area contributed by atoms with Gasteiger partial charge in [0.25, 0.3) is 0 Å². The highest BCUT2D eigenvalue weighted by molar-refractivity contribution is 9.10. The fourth-order valence-electron chi connectivity index (χ4n) is 2.37. The molecule has 0 saturated carbocycles. The fraction of sp³-hybridized carbons (Fsp3) is 0.417. The van der Waals surface area contributed by atoms with Crippen molar-refractivity contribution in [1.29, 1.82) is 0 Å². The molecule has 86 valence electrons. The van der Waals surface area contributed by atoms with E-state index in [4.69, 9.17) is 5.11 Å². The van der Waals surface area contributed by atoms with E-state index in [9.17, 15) is 4.79 Å². The minimum atomic E-state index is -0.877. The number of hydrogen-bond acceptors (Lipinski definition) is 1. The Bertz CT molecular complexity index is 447. The van der Waals surface area contributed by atoms with Crippen LogP contribution in [0.5, 0.6) is 0 Å². The second-order valence-corrected chi connectivity index (χ2v) is 5.33. The van der Waals surface area contributed by atoms with Gasteiger partial charge >= 0.3 is 6.09 Å². The van der Waals surface area contributed by atoms with Gasteiger partial charge in [-0.2, -0.15) is 0 Å². The molecular formula is C12H14BrNO2. The lowest BCUT2D eigenvalue weighted by atomic mass is 9.93. The number of benzene rings is 1. The Morgan fingerprint density at radius 3 is 2.88 bits per heavy atom. The maximum Gasteiger partial charge on any atom is 0.407 e. The van der Waals surface area contributed by atoms with Crippen molar-refractivity contribution in [1.82, 2.24) is 4.90 Å². The summed E-state index contributed by atoms with van der Waals surface area (Å²) >= 11 is 3.44.